The van der Waals surface area contributed by atoms with Crippen molar-refractivity contribution in [2.45, 2.75) is 32.2 Å². The second-order valence-corrected chi connectivity index (χ2v) is 8.41. The van der Waals surface area contributed by atoms with E-state index in [9.17, 15) is 9.90 Å². The smallest absolute Gasteiger partial charge is 0.313 e. The lowest BCUT2D eigenvalue weighted by Gasteiger charge is -2.39. The van der Waals surface area contributed by atoms with Crippen LogP contribution in [0.1, 0.15) is 30.4 Å². The van der Waals surface area contributed by atoms with Crippen LogP contribution in [0.4, 0.5) is 5.69 Å². The number of aliphatic carboxylic acids is 1. The third-order valence-corrected chi connectivity index (χ3v) is 6.47. The van der Waals surface area contributed by atoms with E-state index < -0.39 is 11.4 Å². The molecule has 10 heteroatoms. The first-order valence-corrected chi connectivity index (χ1v) is 10.7. The van der Waals surface area contributed by atoms with Gasteiger partial charge >= 0.3 is 5.97 Å². The van der Waals surface area contributed by atoms with Crippen LogP contribution in [0.25, 0.3) is 0 Å². The molecule has 0 radical (unpaired) electrons. The highest BCUT2D eigenvalue weighted by Crippen LogP contribution is 2.35. The van der Waals surface area contributed by atoms with Crippen LogP contribution in [0.15, 0.2) is 42.7 Å². The predicted molar refractivity (Wildman–Crippen MR) is 133 cm³/mol. The number of carboxylic acid groups (broad SMARTS) is 1. The molecule has 1 aromatic carbocycles. The second-order valence-electron chi connectivity index (χ2n) is 8.41. The van der Waals surface area contributed by atoms with E-state index in [0.29, 0.717) is 38.2 Å². The van der Waals surface area contributed by atoms with Crippen molar-refractivity contribution in [3.63, 3.8) is 0 Å². The van der Waals surface area contributed by atoms with E-state index in [4.69, 9.17) is 15.9 Å². The number of ether oxygens (including phenoxy) is 1. The molecule has 1 saturated heterocycles. The van der Waals surface area contributed by atoms with E-state index in [1.54, 1.807) is 12.4 Å². The highest BCUT2D eigenvalue weighted by atomic mass is 35.5. The average Bonchev–Trinajstić information content (AvgIpc) is 3.01. The molecule has 33 heavy (non-hydrogen) atoms. The fraction of sp³-hybridized carbons (Fsp3) is 0.435. The van der Waals surface area contributed by atoms with Gasteiger partial charge in [0, 0.05) is 44.3 Å². The van der Waals surface area contributed by atoms with Crippen molar-refractivity contribution in [1.82, 2.24) is 9.88 Å². The third-order valence-electron chi connectivity index (χ3n) is 6.47. The maximum Gasteiger partial charge on any atom is 0.313 e. The minimum absolute atomic E-state index is 0. The second kappa shape index (κ2) is 11.4. The number of rotatable bonds is 5. The van der Waals surface area contributed by atoms with E-state index in [1.807, 2.05) is 35.2 Å². The summed E-state index contributed by atoms with van der Waals surface area (Å²) in [6.07, 6.45) is 6.43. The van der Waals surface area contributed by atoms with Gasteiger partial charge in [-0.2, -0.15) is 0 Å². The summed E-state index contributed by atoms with van der Waals surface area (Å²) in [6, 6.07) is 9.84. The van der Waals surface area contributed by atoms with Crippen LogP contribution in [0.5, 0.6) is 5.75 Å². The van der Waals surface area contributed by atoms with Gasteiger partial charge in [-0.1, -0.05) is 6.07 Å². The number of nitrogens with two attached hydrogens (primary N) is 1. The highest BCUT2D eigenvalue weighted by Gasteiger charge is 2.42. The Morgan fingerprint density at radius 3 is 2.45 bits per heavy atom. The number of halogens is 2. The molecule has 0 amide bonds. The van der Waals surface area contributed by atoms with Crippen molar-refractivity contribution >= 4 is 42.4 Å². The van der Waals surface area contributed by atoms with Gasteiger partial charge in [0.25, 0.3) is 0 Å². The van der Waals surface area contributed by atoms with Crippen LogP contribution < -0.4 is 15.4 Å². The van der Waals surface area contributed by atoms with Crippen LogP contribution in [0, 0.1) is 10.8 Å². The molecule has 0 aliphatic carbocycles. The van der Waals surface area contributed by atoms with Crippen LogP contribution >= 0.6 is 24.8 Å². The summed E-state index contributed by atoms with van der Waals surface area (Å²) in [5, 5.41) is 17.7. The highest BCUT2D eigenvalue weighted by molar-refractivity contribution is 5.85. The zero-order valence-corrected chi connectivity index (χ0v) is 20.0. The Balaban J connectivity index is 0.00000193. The molecule has 1 fully saturated rings. The van der Waals surface area contributed by atoms with Crippen molar-refractivity contribution in [1.29, 1.82) is 5.41 Å². The molecule has 4 N–H and O–H groups in total. The molecule has 0 atom stereocenters. The van der Waals surface area contributed by atoms with Crippen LogP contribution in [0.2, 0.25) is 0 Å². The Morgan fingerprint density at radius 2 is 1.82 bits per heavy atom. The zero-order chi connectivity index (χ0) is 21.8. The van der Waals surface area contributed by atoms with Crippen molar-refractivity contribution in [2.75, 3.05) is 31.1 Å². The molecule has 2 aliphatic heterocycles. The number of nitrogens with zero attached hydrogens (tertiary/aromatic N) is 3. The average molecular weight is 496 g/mol. The minimum atomic E-state index is -0.901. The summed E-state index contributed by atoms with van der Waals surface area (Å²) in [5.74, 6) is -0.0642. The van der Waals surface area contributed by atoms with Crippen LogP contribution in [0.3, 0.4) is 0 Å². The van der Waals surface area contributed by atoms with E-state index in [1.165, 1.54) is 5.56 Å². The maximum absolute atomic E-state index is 12.2. The van der Waals surface area contributed by atoms with Gasteiger partial charge in [-0.25, -0.2) is 0 Å². The van der Waals surface area contributed by atoms with Crippen LogP contribution in [-0.4, -0.2) is 53.2 Å². The van der Waals surface area contributed by atoms with Crippen LogP contribution in [-0.2, 0) is 17.8 Å². The van der Waals surface area contributed by atoms with Crippen molar-refractivity contribution < 1.29 is 14.6 Å². The first kappa shape index (κ1) is 26.5. The lowest BCUT2D eigenvalue weighted by atomic mass is 9.79. The summed E-state index contributed by atoms with van der Waals surface area (Å²) < 4.78 is 6.04. The molecule has 180 valence electrons. The number of hydrogen-bond acceptors (Lipinski definition) is 5. The minimum Gasteiger partial charge on any atom is -0.492 e. The molecule has 4 rings (SSSR count). The molecule has 2 aromatic rings. The number of nitrogens with one attached hydrogen (secondary N) is 1. The summed E-state index contributed by atoms with van der Waals surface area (Å²) in [4.78, 5) is 20.3. The molecular weight excluding hydrogens is 465 g/mol. The third kappa shape index (κ3) is 6.00. The quantitative estimate of drug-likeness (QED) is 0.430. The monoisotopic (exact) mass is 495 g/mol. The number of carboxylic acids is 1. The Hall–Kier alpha value is -2.71. The van der Waals surface area contributed by atoms with Gasteiger partial charge in [-0.15, -0.1) is 24.8 Å². The van der Waals surface area contributed by atoms with Gasteiger partial charge in [-0.05, 0) is 61.1 Å². The molecule has 0 bridgehead atoms. The summed E-state index contributed by atoms with van der Waals surface area (Å²) in [7, 11) is 0. The van der Waals surface area contributed by atoms with Gasteiger partial charge in [0.05, 0.1) is 0 Å². The molecule has 0 unspecified atom stereocenters. The first-order chi connectivity index (χ1) is 15.0. The normalized spacial score (nSPS) is 17.0. The number of guanidine groups is 1. The number of carbonyl (C=O) groups is 1. The maximum atomic E-state index is 12.2. The summed E-state index contributed by atoms with van der Waals surface area (Å²) in [5.41, 5.74) is 8.18. The van der Waals surface area contributed by atoms with E-state index in [-0.39, 0.29) is 37.4 Å². The summed E-state index contributed by atoms with van der Waals surface area (Å²) >= 11 is 0. The molecule has 3 heterocycles. The van der Waals surface area contributed by atoms with Crippen molar-refractivity contribution in [3.8, 4) is 5.75 Å². The molecule has 0 spiro atoms. The number of hydrogen-bond donors (Lipinski definition) is 3. The fourth-order valence-electron chi connectivity index (χ4n) is 4.42. The fourth-order valence-corrected chi connectivity index (χ4v) is 4.42. The first-order valence-electron chi connectivity index (χ1n) is 10.7. The molecule has 2 aliphatic rings. The van der Waals surface area contributed by atoms with Gasteiger partial charge in [0.15, 0.2) is 5.96 Å². The largest absolute Gasteiger partial charge is 0.492 e. The molecular formula is C23H31Cl2N5O3. The van der Waals surface area contributed by atoms with Gasteiger partial charge < -0.3 is 25.4 Å². The Labute approximate surface area is 206 Å². The number of fused-ring (bicyclic) bond motifs is 1. The molecule has 8 nitrogen and oxygen atoms in total. The standard InChI is InChI=1S/C23H29N5O3.2ClH/c24-22(25)28-11-1-2-17-3-4-20(14-18(17)15-28)31-16-23(21(29)30)7-12-27(13-8-23)19-5-9-26-10-6-19;;/h3-6,9-10,14H,1-2,7-8,11-13,15-16H2,(H3,24,25)(H,29,30);2*1H. The molecule has 1 aromatic heterocycles. The van der Waals surface area contributed by atoms with E-state index in [2.05, 4.69) is 9.88 Å². The number of anilines is 1. The number of piperidine rings is 1. The Kier molecular flexibility index (Phi) is 9.19. The Morgan fingerprint density at radius 1 is 1.12 bits per heavy atom. The number of aromatic nitrogens is 1. The van der Waals surface area contributed by atoms with Gasteiger partial charge in [0.1, 0.15) is 17.8 Å². The van der Waals surface area contributed by atoms with Gasteiger partial charge in [-0.3, -0.25) is 15.2 Å². The van der Waals surface area contributed by atoms with E-state index >= 15 is 0 Å². The van der Waals surface area contributed by atoms with E-state index in [0.717, 1.165) is 30.6 Å². The molecule has 0 saturated carbocycles. The zero-order valence-electron chi connectivity index (χ0n) is 18.4. The number of aryl methyl sites for hydroxylation is 1. The SMILES string of the molecule is Cl.Cl.N=C(N)N1CCCc2ccc(OCC3(C(=O)O)CCN(c4ccncc4)CC3)cc2C1. The number of benzene rings is 1. The Bertz CT molecular complexity index is 952. The topological polar surface area (TPSA) is 116 Å². The van der Waals surface area contributed by atoms with Gasteiger partial charge in [0.2, 0.25) is 0 Å². The number of pyridine rings is 1. The lowest BCUT2D eigenvalue weighted by Crippen LogP contribution is -2.47. The lowest BCUT2D eigenvalue weighted by molar-refractivity contribution is -0.152. The van der Waals surface area contributed by atoms with Crippen molar-refractivity contribution in [2.24, 2.45) is 11.1 Å². The predicted octanol–water partition coefficient (Wildman–Crippen LogP) is 3.32. The summed E-state index contributed by atoms with van der Waals surface area (Å²) in [6.45, 7) is 2.81. The van der Waals surface area contributed by atoms with Crippen molar-refractivity contribution in [3.05, 3.63) is 53.9 Å².